The molecule has 0 saturated heterocycles. The number of halogens is 1. The lowest BCUT2D eigenvalue weighted by molar-refractivity contribution is 0.0976. The van der Waals surface area contributed by atoms with Crippen molar-refractivity contribution in [2.75, 3.05) is 28.2 Å². The van der Waals surface area contributed by atoms with E-state index in [2.05, 4.69) is 5.09 Å². The summed E-state index contributed by atoms with van der Waals surface area (Å²) >= 11 is 5.75. The standard InChI is InChI=1S/C11H17ClN3O2P/c1-14(2)18(17,15(3)4)13-11(16)9-5-7-10(12)8-6-9/h5-8H,1-4H3,(H,13,16,17). The van der Waals surface area contributed by atoms with E-state index in [1.807, 2.05) is 0 Å². The zero-order chi connectivity index (χ0) is 13.9. The second-order valence-electron chi connectivity index (χ2n) is 4.19. The van der Waals surface area contributed by atoms with Crippen molar-refractivity contribution in [3.8, 4) is 0 Å². The Morgan fingerprint density at radius 3 is 1.94 bits per heavy atom. The van der Waals surface area contributed by atoms with Crippen molar-refractivity contribution in [3.05, 3.63) is 34.9 Å². The molecule has 0 unspecified atom stereocenters. The smallest absolute Gasteiger partial charge is 0.279 e. The Bertz CT molecular complexity index is 462. The van der Waals surface area contributed by atoms with Gasteiger partial charge in [-0.05, 0) is 52.5 Å². The van der Waals surface area contributed by atoms with Gasteiger partial charge in [-0.25, -0.2) is 9.34 Å². The number of nitrogens with zero attached hydrogens (tertiary/aromatic N) is 2. The van der Waals surface area contributed by atoms with Gasteiger partial charge in [0.05, 0.1) is 0 Å². The molecule has 100 valence electrons. The van der Waals surface area contributed by atoms with Gasteiger partial charge in [0.15, 0.2) is 0 Å². The molecular weight excluding hydrogens is 273 g/mol. The Morgan fingerprint density at radius 1 is 1.11 bits per heavy atom. The summed E-state index contributed by atoms with van der Waals surface area (Å²) in [6, 6.07) is 6.42. The molecule has 18 heavy (non-hydrogen) atoms. The molecule has 0 aliphatic heterocycles. The lowest BCUT2D eigenvalue weighted by atomic mass is 10.2. The summed E-state index contributed by atoms with van der Waals surface area (Å²) < 4.78 is 15.6. The molecule has 0 fully saturated rings. The van der Waals surface area contributed by atoms with Crippen LogP contribution in [0.1, 0.15) is 10.4 Å². The van der Waals surface area contributed by atoms with Crippen molar-refractivity contribution < 1.29 is 9.36 Å². The van der Waals surface area contributed by atoms with E-state index < -0.39 is 13.5 Å². The van der Waals surface area contributed by atoms with Crippen LogP contribution in [0.25, 0.3) is 0 Å². The maximum absolute atomic E-state index is 12.6. The number of amides is 1. The highest BCUT2D eigenvalue weighted by molar-refractivity contribution is 7.57. The highest BCUT2D eigenvalue weighted by Crippen LogP contribution is 2.44. The van der Waals surface area contributed by atoms with Crippen molar-refractivity contribution >= 4 is 25.1 Å². The Balaban J connectivity index is 2.93. The number of carbonyl (C=O) groups excluding carboxylic acids is 1. The molecule has 1 amide bonds. The van der Waals surface area contributed by atoms with Crippen molar-refractivity contribution in [2.24, 2.45) is 0 Å². The predicted molar refractivity (Wildman–Crippen MR) is 73.9 cm³/mol. The zero-order valence-corrected chi connectivity index (χ0v) is 12.5. The van der Waals surface area contributed by atoms with Crippen LogP contribution < -0.4 is 5.09 Å². The van der Waals surface area contributed by atoms with Crippen LogP contribution >= 0.6 is 19.2 Å². The Hall–Kier alpha value is -0.870. The summed E-state index contributed by atoms with van der Waals surface area (Å²) in [5.41, 5.74) is 0.420. The molecule has 0 aromatic heterocycles. The fourth-order valence-electron chi connectivity index (χ4n) is 1.36. The van der Waals surface area contributed by atoms with Gasteiger partial charge in [0.2, 0.25) is 0 Å². The summed E-state index contributed by atoms with van der Waals surface area (Å²) in [5, 5.41) is 3.10. The van der Waals surface area contributed by atoms with Crippen molar-refractivity contribution in [3.63, 3.8) is 0 Å². The normalized spacial score (nSPS) is 11.9. The first kappa shape index (κ1) is 15.2. The SMILES string of the molecule is CN(C)P(=O)(NC(=O)c1ccc(Cl)cc1)N(C)C. The largest absolute Gasteiger partial charge is 0.309 e. The molecule has 0 spiro atoms. The third-order valence-electron chi connectivity index (χ3n) is 2.44. The minimum Gasteiger partial charge on any atom is -0.279 e. The highest BCUT2D eigenvalue weighted by atomic mass is 35.5. The monoisotopic (exact) mass is 289 g/mol. The van der Waals surface area contributed by atoms with Gasteiger partial charge in [-0.3, -0.25) is 14.4 Å². The van der Waals surface area contributed by atoms with Crippen LogP contribution in [0.5, 0.6) is 0 Å². The van der Waals surface area contributed by atoms with Crippen LogP contribution in [0, 0.1) is 0 Å². The fraction of sp³-hybridized carbons (Fsp3) is 0.364. The Kier molecular flexibility index (Phi) is 4.93. The maximum Gasteiger partial charge on any atom is 0.309 e. The van der Waals surface area contributed by atoms with Crippen molar-refractivity contribution in [2.45, 2.75) is 0 Å². The lowest BCUT2D eigenvalue weighted by Crippen LogP contribution is -2.34. The molecule has 7 heteroatoms. The predicted octanol–water partition coefficient (Wildman–Crippen LogP) is 2.30. The number of hydrogen-bond donors (Lipinski definition) is 1. The third kappa shape index (κ3) is 3.33. The van der Waals surface area contributed by atoms with E-state index in [-0.39, 0.29) is 0 Å². The van der Waals surface area contributed by atoms with Crippen LogP contribution in [-0.4, -0.2) is 43.4 Å². The summed E-state index contributed by atoms with van der Waals surface area (Å²) in [6.45, 7) is 0. The third-order valence-corrected chi connectivity index (χ3v) is 5.35. The van der Waals surface area contributed by atoms with E-state index in [9.17, 15) is 9.36 Å². The lowest BCUT2D eigenvalue weighted by Gasteiger charge is -2.30. The number of benzene rings is 1. The fourth-order valence-corrected chi connectivity index (χ4v) is 2.99. The van der Waals surface area contributed by atoms with Gasteiger partial charge in [0, 0.05) is 10.6 Å². The molecular formula is C11H17ClN3O2P. The number of rotatable bonds is 4. The van der Waals surface area contributed by atoms with Gasteiger partial charge < -0.3 is 0 Å². The van der Waals surface area contributed by atoms with Crippen LogP contribution in [0.3, 0.4) is 0 Å². The highest BCUT2D eigenvalue weighted by Gasteiger charge is 2.30. The van der Waals surface area contributed by atoms with Gasteiger partial charge in [-0.15, -0.1) is 0 Å². The van der Waals surface area contributed by atoms with Gasteiger partial charge in [-0.1, -0.05) is 11.6 Å². The molecule has 0 radical (unpaired) electrons. The molecule has 1 rings (SSSR count). The average Bonchev–Trinajstić information content (AvgIpc) is 2.29. The quantitative estimate of drug-likeness (QED) is 0.864. The van der Waals surface area contributed by atoms with E-state index in [4.69, 9.17) is 11.6 Å². The molecule has 1 N–H and O–H groups in total. The molecule has 0 saturated carbocycles. The van der Waals surface area contributed by atoms with E-state index in [0.717, 1.165) is 0 Å². The van der Waals surface area contributed by atoms with Crippen LogP contribution in [0.4, 0.5) is 0 Å². The Morgan fingerprint density at radius 2 is 1.56 bits per heavy atom. The molecule has 5 nitrogen and oxygen atoms in total. The Labute approximate surface area is 112 Å². The van der Waals surface area contributed by atoms with Gasteiger partial charge >= 0.3 is 7.59 Å². The maximum atomic E-state index is 12.6. The second kappa shape index (κ2) is 5.85. The topological polar surface area (TPSA) is 52.7 Å². The van der Waals surface area contributed by atoms with Crippen LogP contribution in [0.15, 0.2) is 24.3 Å². The minimum atomic E-state index is -3.06. The molecule has 0 atom stereocenters. The zero-order valence-electron chi connectivity index (χ0n) is 10.8. The van der Waals surface area contributed by atoms with Gasteiger partial charge in [0.1, 0.15) is 0 Å². The first-order valence-electron chi connectivity index (χ1n) is 5.31. The number of carbonyl (C=O) groups is 1. The summed E-state index contributed by atoms with van der Waals surface area (Å²) in [5.74, 6) is -0.391. The number of hydrogen-bond acceptors (Lipinski definition) is 2. The number of nitrogens with one attached hydrogen (secondary N) is 1. The van der Waals surface area contributed by atoms with E-state index in [0.29, 0.717) is 10.6 Å². The van der Waals surface area contributed by atoms with Gasteiger partial charge in [-0.2, -0.15) is 0 Å². The molecule has 0 aliphatic rings. The van der Waals surface area contributed by atoms with Crippen LogP contribution in [-0.2, 0) is 4.57 Å². The average molecular weight is 290 g/mol. The van der Waals surface area contributed by atoms with E-state index in [1.54, 1.807) is 52.5 Å². The molecule has 1 aromatic rings. The van der Waals surface area contributed by atoms with Gasteiger partial charge in [0.25, 0.3) is 5.91 Å². The first-order chi connectivity index (χ1) is 8.27. The summed E-state index contributed by atoms with van der Waals surface area (Å²) in [6.07, 6.45) is 0. The van der Waals surface area contributed by atoms with Crippen molar-refractivity contribution in [1.29, 1.82) is 0 Å². The second-order valence-corrected chi connectivity index (χ2v) is 7.53. The molecule has 0 bridgehead atoms. The summed E-state index contributed by atoms with van der Waals surface area (Å²) in [7, 11) is 3.56. The van der Waals surface area contributed by atoms with Crippen LogP contribution in [0.2, 0.25) is 5.02 Å². The molecule has 0 aliphatic carbocycles. The first-order valence-corrected chi connectivity index (χ1v) is 7.30. The van der Waals surface area contributed by atoms with E-state index in [1.165, 1.54) is 9.34 Å². The minimum absolute atomic E-state index is 0.391. The summed E-state index contributed by atoms with van der Waals surface area (Å²) in [4.78, 5) is 12.0. The van der Waals surface area contributed by atoms with Crippen molar-refractivity contribution in [1.82, 2.24) is 14.4 Å². The van der Waals surface area contributed by atoms with E-state index >= 15 is 0 Å². The molecule has 1 aromatic carbocycles. The molecule has 0 heterocycles.